The van der Waals surface area contributed by atoms with Crippen LogP contribution >= 0.6 is 0 Å². The van der Waals surface area contributed by atoms with E-state index in [4.69, 9.17) is 9.47 Å². The van der Waals surface area contributed by atoms with Crippen molar-refractivity contribution < 1.29 is 19.2 Å². The number of rotatable bonds is 5. The minimum absolute atomic E-state index is 0.0206. The van der Waals surface area contributed by atoms with Crippen LogP contribution in [0.5, 0.6) is 11.5 Å². The topological polar surface area (TPSA) is 81.9 Å². The second-order valence-corrected chi connectivity index (χ2v) is 7.61. The number of fused-ring (bicyclic) bond motifs is 1. The van der Waals surface area contributed by atoms with E-state index >= 15 is 0 Å². The molecule has 7 heteroatoms. The number of ether oxygens (including phenoxy) is 2. The van der Waals surface area contributed by atoms with E-state index in [9.17, 15) is 14.9 Å². The number of non-ortho nitro benzene ring substituents is 1. The lowest BCUT2D eigenvalue weighted by atomic mass is 9.80. The van der Waals surface area contributed by atoms with Crippen LogP contribution in [0.25, 0.3) is 0 Å². The van der Waals surface area contributed by atoms with E-state index < -0.39 is 4.92 Å². The highest BCUT2D eigenvalue weighted by atomic mass is 16.6. The van der Waals surface area contributed by atoms with Gasteiger partial charge < -0.3 is 14.4 Å². The lowest BCUT2D eigenvalue weighted by Crippen LogP contribution is -2.53. The Morgan fingerprint density at radius 1 is 1.21 bits per heavy atom. The first kappa shape index (κ1) is 19.7. The third-order valence-electron chi connectivity index (χ3n) is 5.08. The average molecular weight is 384 g/mol. The number of carbonyl (C=O) groups excluding carboxylic acids is 1. The van der Waals surface area contributed by atoms with Crippen LogP contribution in [-0.2, 0) is 4.79 Å². The van der Waals surface area contributed by atoms with Crippen LogP contribution in [-0.4, -0.2) is 30.1 Å². The van der Waals surface area contributed by atoms with Crippen LogP contribution in [0.2, 0.25) is 0 Å². The van der Waals surface area contributed by atoms with Crippen molar-refractivity contribution in [2.75, 3.05) is 18.6 Å². The molecule has 0 aliphatic carbocycles. The summed E-state index contributed by atoms with van der Waals surface area (Å²) in [5.41, 5.74) is 1.55. The molecule has 0 saturated carbocycles. The number of anilines is 1. The van der Waals surface area contributed by atoms with Crippen LogP contribution in [0.1, 0.15) is 38.7 Å². The van der Waals surface area contributed by atoms with Crippen molar-refractivity contribution in [2.45, 2.75) is 38.6 Å². The molecule has 0 spiro atoms. The maximum atomic E-state index is 13.0. The van der Waals surface area contributed by atoms with Gasteiger partial charge in [0.15, 0.2) is 6.61 Å². The van der Waals surface area contributed by atoms with Crippen LogP contribution in [0.3, 0.4) is 0 Å². The highest BCUT2D eigenvalue weighted by molar-refractivity contribution is 5.97. The maximum absolute atomic E-state index is 13.0. The van der Waals surface area contributed by atoms with Gasteiger partial charge >= 0.3 is 0 Å². The molecule has 1 heterocycles. The summed E-state index contributed by atoms with van der Waals surface area (Å²) in [6.45, 7) is 6.08. The molecule has 2 aromatic carbocycles. The number of amides is 1. The van der Waals surface area contributed by atoms with Crippen molar-refractivity contribution in [2.24, 2.45) is 0 Å². The predicted molar refractivity (Wildman–Crippen MR) is 106 cm³/mol. The summed E-state index contributed by atoms with van der Waals surface area (Å²) >= 11 is 0. The van der Waals surface area contributed by atoms with Crippen molar-refractivity contribution in [1.82, 2.24) is 0 Å². The molecule has 2 aromatic rings. The van der Waals surface area contributed by atoms with E-state index in [1.54, 1.807) is 12.0 Å². The average Bonchev–Trinajstić information content (AvgIpc) is 2.65. The van der Waals surface area contributed by atoms with Crippen LogP contribution in [0.4, 0.5) is 11.4 Å². The molecule has 0 bridgehead atoms. The van der Waals surface area contributed by atoms with Crippen LogP contribution < -0.4 is 14.4 Å². The molecule has 0 N–H and O–H groups in total. The molecule has 3 rings (SSSR count). The van der Waals surface area contributed by atoms with E-state index in [2.05, 4.69) is 6.92 Å². The lowest BCUT2D eigenvalue weighted by molar-refractivity contribution is -0.384. The summed E-state index contributed by atoms with van der Waals surface area (Å²) in [4.78, 5) is 25.1. The van der Waals surface area contributed by atoms with Crippen LogP contribution in [0.15, 0.2) is 42.5 Å². The Morgan fingerprint density at radius 3 is 2.46 bits per heavy atom. The van der Waals surface area contributed by atoms with Crippen molar-refractivity contribution in [3.8, 4) is 11.5 Å². The number of nitrogens with zero attached hydrogens (tertiary/aromatic N) is 2. The van der Waals surface area contributed by atoms with Gasteiger partial charge in [-0.05, 0) is 62.1 Å². The van der Waals surface area contributed by atoms with Gasteiger partial charge in [0.05, 0.1) is 12.0 Å². The maximum Gasteiger partial charge on any atom is 0.269 e. The molecule has 28 heavy (non-hydrogen) atoms. The fraction of sp³-hybridized carbons (Fsp3) is 0.381. The SMILES string of the molecule is COc1ccc2c(c1)C(C)CC(C)(C)N2C(=O)COc1ccc([N+](=O)[O-])cc1. The van der Waals surface area contributed by atoms with Gasteiger partial charge in [-0.25, -0.2) is 0 Å². The van der Waals surface area contributed by atoms with Gasteiger partial charge in [-0.15, -0.1) is 0 Å². The number of carbonyl (C=O) groups is 1. The first-order chi connectivity index (χ1) is 13.2. The van der Waals surface area contributed by atoms with Gasteiger partial charge in [0.2, 0.25) is 0 Å². The largest absolute Gasteiger partial charge is 0.497 e. The summed E-state index contributed by atoms with van der Waals surface area (Å²) < 4.78 is 10.9. The second-order valence-electron chi connectivity index (χ2n) is 7.61. The van der Waals surface area contributed by atoms with Crippen molar-refractivity contribution >= 4 is 17.3 Å². The quantitative estimate of drug-likeness (QED) is 0.567. The number of benzene rings is 2. The van der Waals surface area contributed by atoms with Gasteiger partial charge in [0.25, 0.3) is 11.6 Å². The lowest BCUT2D eigenvalue weighted by Gasteiger charge is -2.46. The van der Waals surface area contributed by atoms with E-state index in [-0.39, 0.29) is 23.7 Å². The molecule has 0 aromatic heterocycles. The van der Waals surface area contributed by atoms with Crippen molar-refractivity contribution in [3.05, 3.63) is 58.1 Å². The number of hydrogen-bond acceptors (Lipinski definition) is 5. The fourth-order valence-electron chi connectivity index (χ4n) is 3.88. The molecule has 148 valence electrons. The zero-order chi connectivity index (χ0) is 20.5. The minimum atomic E-state index is -0.475. The normalized spacial score (nSPS) is 17.6. The molecule has 1 atom stereocenters. The predicted octanol–water partition coefficient (Wildman–Crippen LogP) is 4.30. The molecule has 1 unspecified atom stereocenters. The Labute approximate surface area is 164 Å². The number of nitro groups is 1. The summed E-state index contributed by atoms with van der Waals surface area (Å²) in [5.74, 6) is 1.30. The fourth-order valence-corrected chi connectivity index (χ4v) is 3.88. The van der Waals surface area contributed by atoms with E-state index in [1.807, 2.05) is 32.0 Å². The van der Waals surface area contributed by atoms with Crippen molar-refractivity contribution in [1.29, 1.82) is 0 Å². The number of methoxy groups -OCH3 is 1. The van der Waals surface area contributed by atoms with Gasteiger partial charge in [-0.3, -0.25) is 14.9 Å². The van der Waals surface area contributed by atoms with E-state index in [1.165, 1.54) is 24.3 Å². The Kier molecular flexibility index (Phi) is 5.27. The van der Waals surface area contributed by atoms with Gasteiger partial charge in [0, 0.05) is 23.4 Å². The second kappa shape index (κ2) is 7.50. The summed E-state index contributed by atoms with van der Waals surface area (Å²) in [6, 6.07) is 11.4. The highest BCUT2D eigenvalue weighted by Crippen LogP contribution is 2.44. The Morgan fingerprint density at radius 2 is 1.86 bits per heavy atom. The Balaban J connectivity index is 1.81. The van der Waals surface area contributed by atoms with Gasteiger partial charge in [-0.2, -0.15) is 0 Å². The smallest absolute Gasteiger partial charge is 0.269 e. The third kappa shape index (κ3) is 3.78. The molecule has 7 nitrogen and oxygen atoms in total. The Bertz CT molecular complexity index is 892. The summed E-state index contributed by atoms with van der Waals surface area (Å²) in [5, 5.41) is 10.7. The summed E-state index contributed by atoms with van der Waals surface area (Å²) in [7, 11) is 1.63. The molecular formula is C21H24N2O5. The zero-order valence-corrected chi connectivity index (χ0v) is 16.5. The summed E-state index contributed by atoms with van der Waals surface area (Å²) in [6.07, 6.45) is 0.816. The van der Waals surface area contributed by atoms with Crippen LogP contribution in [0, 0.1) is 10.1 Å². The molecule has 1 aliphatic heterocycles. The number of nitro benzene ring substituents is 1. The number of hydrogen-bond donors (Lipinski definition) is 0. The van der Waals surface area contributed by atoms with Gasteiger partial charge in [-0.1, -0.05) is 6.92 Å². The standard InChI is InChI=1S/C21H24N2O5/c1-14-12-21(2,3)22(19-10-9-17(27-4)11-18(14)19)20(24)13-28-16-7-5-15(6-8-16)23(25)26/h5-11,14H,12-13H2,1-4H3. The highest BCUT2D eigenvalue weighted by Gasteiger charge is 2.40. The monoisotopic (exact) mass is 384 g/mol. The molecule has 0 fully saturated rings. The molecule has 1 aliphatic rings. The van der Waals surface area contributed by atoms with Gasteiger partial charge in [0.1, 0.15) is 11.5 Å². The zero-order valence-electron chi connectivity index (χ0n) is 16.5. The molecule has 0 radical (unpaired) electrons. The van der Waals surface area contributed by atoms with E-state index in [0.717, 1.165) is 23.4 Å². The minimum Gasteiger partial charge on any atom is -0.497 e. The molecule has 1 amide bonds. The molecular weight excluding hydrogens is 360 g/mol. The third-order valence-corrected chi connectivity index (χ3v) is 5.08. The van der Waals surface area contributed by atoms with Crippen molar-refractivity contribution in [3.63, 3.8) is 0 Å². The first-order valence-electron chi connectivity index (χ1n) is 9.11. The molecule has 0 saturated heterocycles. The van der Waals surface area contributed by atoms with E-state index in [0.29, 0.717) is 11.7 Å². The first-order valence-corrected chi connectivity index (χ1v) is 9.11. The Hall–Kier alpha value is -3.09.